The average molecular weight is 259 g/mol. The van der Waals surface area contributed by atoms with Crippen molar-refractivity contribution in [1.82, 2.24) is 0 Å². The predicted molar refractivity (Wildman–Crippen MR) is 47.8 cm³/mol. The molecule has 1 aliphatic heterocycles. The van der Waals surface area contributed by atoms with Crippen LogP contribution in [0.3, 0.4) is 0 Å². The first-order chi connectivity index (χ1) is 7.68. The maximum atomic E-state index is 12.4. The van der Waals surface area contributed by atoms with E-state index in [4.69, 9.17) is 0 Å². The van der Waals surface area contributed by atoms with E-state index in [2.05, 4.69) is 10.3 Å². The molecule has 1 saturated carbocycles. The molecule has 2 aliphatic rings. The van der Waals surface area contributed by atoms with Gasteiger partial charge in [0, 0.05) is 5.84 Å². The Balaban J connectivity index is 2.08. The second-order valence-electron chi connectivity index (χ2n) is 4.27. The van der Waals surface area contributed by atoms with Crippen LogP contribution in [0.25, 0.3) is 5.32 Å². The number of nitrogens with zero attached hydrogens (tertiary/aromatic N) is 2. The Morgan fingerprint density at radius 1 is 1.06 bits per heavy atom. The highest BCUT2D eigenvalue weighted by molar-refractivity contribution is 6.01. The maximum Gasteiger partial charge on any atom is 0.408 e. The molecule has 0 spiro atoms. The molecule has 1 fully saturated rings. The Morgan fingerprint density at radius 3 is 2.24 bits per heavy atom. The minimum atomic E-state index is -4.66. The average Bonchev–Trinajstić information content (AvgIpc) is 2.57. The van der Waals surface area contributed by atoms with Crippen LogP contribution >= 0.6 is 0 Å². The molecule has 3 atom stereocenters. The number of rotatable bonds is 0. The molecule has 0 N–H and O–H groups in total. The number of hydrogen-bond donors (Lipinski definition) is 0. The molecular formula is C9H9F6N2-. The van der Waals surface area contributed by atoms with Crippen LogP contribution in [-0.2, 0) is 0 Å². The first-order valence-corrected chi connectivity index (χ1v) is 5.10. The normalized spacial score (nSPS) is 34.0. The lowest BCUT2D eigenvalue weighted by Gasteiger charge is -2.36. The van der Waals surface area contributed by atoms with E-state index >= 15 is 0 Å². The number of amidine groups is 1. The summed E-state index contributed by atoms with van der Waals surface area (Å²) in [6.07, 6.45) is -9.57. The summed E-state index contributed by atoms with van der Waals surface area (Å²) in [5, 5.41) is 3.36. The zero-order valence-corrected chi connectivity index (χ0v) is 8.52. The van der Waals surface area contributed by atoms with E-state index in [0.29, 0.717) is 0 Å². The van der Waals surface area contributed by atoms with E-state index < -0.39 is 42.6 Å². The van der Waals surface area contributed by atoms with Gasteiger partial charge in [-0.3, -0.25) is 0 Å². The number of alkyl halides is 6. The summed E-state index contributed by atoms with van der Waals surface area (Å²) in [6, 6.07) is -1.70. The van der Waals surface area contributed by atoms with Crippen molar-refractivity contribution < 1.29 is 26.3 Å². The minimum Gasteiger partial charge on any atom is -0.458 e. The van der Waals surface area contributed by atoms with Crippen LogP contribution in [0.1, 0.15) is 19.3 Å². The second-order valence-corrected chi connectivity index (χ2v) is 4.27. The summed E-state index contributed by atoms with van der Waals surface area (Å²) in [4.78, 5) is 3.27. The lowest BCUT2D eigenvalue weighted by atomic mass is 9.83. The molecule has 2 nitrogen and oxygen atoms in total. The summed E-state index contributed by atoms with van der Waals surface area (Å²) in [5.74, 6) is -2.83. The molecule has 0 aromatic carbocycles. The third kappa shape index (κ3) is 2.50. The van der Waals surface area contributed by atoms with Crippen molar-refractivity contribution in [2.75, 3.05) is 0 Å². The fourth-order valence-corrected chi connectivity index (χ4v) is 2.21. The Kier molecular flexibility index (Phi) is 2.78. The van der Waals surface area contributed by atoms with Gasteiger partial charge in [0.05, 0.1) is 5.92 Å². The van der Waals surface area contributed by atoms with Crippen LogP contribution in [0.5, 0.6) is 0 Å². The van der Waals surface area contributed by atoms with Gasteiger partial charge in [-0.25, -0.2) is 0 Å². The van der Waals surface area contributed by atoms with Crippen molar-refractivity contribution >= 4 is 5.84 Å². The van der Waals surface area contributed by atoms with E-state index in [1.807, 2.05) is 0 Å². The number of aliphatic imine (C=N–C) groups is 1. The molecule has 17 heavy (non-hydrogen) atoms. The third-order valence-electron chi connectivity index (χ3n) is 3.07. The molecule has 8 heteroatoms. The van der Waals surface area contributed by atoms with E-state index in [-0.39, 0.29) is 12.8 Å². The highest BCUT2D eigenvalue weighted by atomic mass is 19.4. The Morgan fingerprint density at radius 2 is 1.71 bits per heavy atom. The zero-order chi connectivity index (χ0) is 12.8. The summed E-state index contributed by atoms with van der Waals surface area (Å²) in [5.41, 5.74) is 0. The van der Waals surface area contributed by atoms with Gasteiger partial charge in [-0.05, 0) is 24.9 Å². The van der Waals surface area contributed by atoms with Crippen molar-refractivity contribution in [2.24, 2.45) is 10.9 Å². The van der Waals surface area contributed by atoms with E-state index in [9.17, 15) is 26.3 Å². The number of hydrogen-bond acceptors (Lipinski definition) is 1. The molecule has 0 aromatic rings. The van der Waals surface area contributed by atoms with Crippen LogP contribution in [0, 0.1) is 5.92 Å². The molecule has 1 aliphatic carbocycles. The van der Waals surface area contributed by atoms with Crippen LogP contribution in [0.2, 0.25) is 0 Å². The molecule has 98 valence electrons. The Labute approximate surface area is 93.1 Å². The molecular weight excluding hydrogens is 250 g/mol. The van der Waals surface area contributed by atoms with Gasteiger partial charge >= 0.3 is 12.4 Å². The van der Waals surface area contributed by atoms with Gasteiger partial charge in [0.2, 0.25) is 0 Å². The van der Waals surface area contributed by atoms with Gasteiger partial charge in [0.1, 0.15) is 0 Å². The quantitative estimate of drug-likeness (QED) is 0.596. The lowest BCUT2D eigenvalue weighted by molar-refractivity contribution is -0.182. The molecule has 0 aromatic heterocycles. The van der Waals surface area contributed by atoms with Gasteiger partial charge in [-0.2, -0.15) is 26.3 Å². The molecule has 2 rings (SSSR count). The monoisotopic (exact) mass is 259 g/mol. The van der Waals surface area contributed by atoms with E-state index in [0.717, 1.165) is 0 Å². The van der Waals surface area contributed by atoms with Crippen molar-refractivity contribution in [3.05, 3.63) is 5.32 Å². The van der Waals surface area contributed by atoms with Gasteiger partial charge in [-0.1, -0.05) is 6.42 Å². The first-order valence-electron chi connectivity index (χ1n) is 5.10. The Bertz CT molecular complexity index is 331. The van der Waals surface area contributed by atoms with Crippen LogP contribution < -0.4 is 0 Å². The summed E-state index contributed by atoms with van der Waals surface area (Å²) < 4.78 is 74.1. The highest BCUT2D eigenvalue weighted by Gasteiger charge is 2.45. The van der Waals surface area contributed by atoms with E-state index in [1.54, 1.807) is 0 Å². The SMILES string of the molecule is FC(F)(F)C1=NC2CC(C(F)(F)F)CCC2[N-]1. The molecule has 0 saturated heterocycles. The topological polar surface area (TPSA) is 26.5 Å². The van der Waals surface area contributed by atoms with Crippen LogP contribution in [-0.4, -0.2) is 30.3 Å². The van der Waals surface area contributed by atoms with Gasteiger partial charge < -0.3 is 10.3 Å². The standard InChI is InChI=1S/C9H9F6N2/c10-8(11,12)4-1-2-5-6(3-4)17-7(16-5)9(13,14)15/h4-6H,1-3H2/q-1. The van der Waals surface area contributed by atoms with Gasteiger partial charge in [0.25, 0.3) is 0 Å². The van der Waals surface area contributed by atoms with Crippen molar-refractivity contribution in [3.63, 3.8) is 0 Å². The van der Waals surface area contributed by atoms with Gasteiger partial charge in [-0.15, -0.1) is 0 Å². The summed E-state index contributed by atoms with van der Waals surface area (Å²) in [7, 11) is 0. The largest absolute Gasteiger partial charge is 0.458 e. The fraction of sp³-hybridized carbons (Fsp3) is 0.889. The third-order valence-corrected chi connectivity index (χ3v) is 3.07. The first kappa shape index (κ1) is 12.5. The van der Waals surface area contributed by atoms with Crippen molar-refractivity contribution in [1.29, 1.82) is 0 Å². The van der Waals surface area contributed by atoms with Crippen molar-refractivity contribution in [2.45, 2.75) is 43.7 Å². The van der Waals surface area contributed by atoms with Crippen LogP contribution in [0.4, 0.5) is 26.3 Å². The number of halogens is 6. The van der Waals surface area contributed by atoms with Gasteiger partial charge in [0.15, 0.2) is 0 Å². The van der Waals surface area contributed by atoms with E-state index in [1.165, 1.54) is 0 Å². The number of fused-ring (bicyclic) bond motifs is 1. The van der Waals surface area contributed by atoms with Crippen LogP contribution in [0.15, 0.2) is 4.99 Å². The molecule has 1 heterocycles. The fourth-order valence-electron chi connectivity index (χ4n) is 2.21. The lowest BCUT2D eigenvalue weighted by Crippen LogP contribution is -2.36. The summed E-state index contributed by atoms with van der Waals surface area (Å²) in [6.45, 7) is 0. The molecule has 0 radical (unpaired) electrons. The smallest absolute Gasteiger partial charge is 0.408 e. The van der Waals surface area contributed by atoms with Crippen molar-refractivity contribution in [3.8, 4) is 0 Å². The maximum absolute atomic E-state index is 12.4. The zero-order valence-electron chi connectivity index (χ0n) is 8.52. The minimum absolute atomic E-state index is 0.0118. The molecule has 3 unspecified atom stereocenters. The molecule has 0 amide bonds. The predicted octanol–water partition coefficient (Wildman–Crippen LogP) is 3.43. The Hall–Kier alpha value is -0.950. The highest BCUT2D eigenvalue weighted by Crippen LogP contribution is 2.44. The molecule has 0 bridgehead atoms. The summed E-state index contributed by atoms with van der Waals surface area (Å²) >= 11 is 0. The second kappa shape index (κ2) is 3.78.